The van der Waals surface area contributed by atoms with Crippen LogP contribution in [-0.2, 0) is 0 Å². The van der Waals surface area contributed by atoms with Gasteiger partial charge in [-0.1, -0.05) is 0 Å². The zero-order chi connectivity index (χ0) is 12.3. The fourth-order valence-corrected chi connectivity index (χ4v) is 1.26. The van der Waals surface area contributed by atoms with Crippen molar-refractivity contribution in [3.8, 4) is 0 Å². The summed E-state index contributed by atoms with van der Waals surface area (Å²) in [5, 5.41) is 27.2. The molecule has 2 atom stereocenters. The van der Waals surface area contributed by atoms with Gasteiger partial charge in [0.2, 0.25) is 0 Å². The lowest BCUT2D eigenvalue weighted by molar-refractivity contribution is 0.00384. The third kappa shape index (κ3) is 2.72. The van der Waals surface area contributed by atoms with Crippen LogP contribution in [0.15, 0.2) is 12.1 Å². The zero-order valence-electron chi connectivity index (χ0n) is 8.20. The summed E-state index contributed by atoms with van der Waals surface area (Å²) in [6.07, 6.45) is -3.09. The van der Waals surface area contributed by atoms with Crippen molar-refractivity contribution in [1.29, 1.82) is 0 Å². The van der Waals surface area contributed by atoms with Gasteiger partial charge in [0.05, 0.1) is 6.10 Å². The van der Waals surface area contributed by atoms with Gasteiger partial charge in [0.15, 0.2) is 17.5 Å². The summed E-state index contributed by atoms with van der Waals surface area (Å²) in [5.74, 6) is -4.51. The normalized spacial score (nSPS) is 14.9. The number of rotatable bonds is 4. The third-order valence-corrected chi connectivity index (χ3v) is 2.14. The molecule has 0 aliphatic rings. The molecule has 0 amide bonds. The fraction of sp³-hybridized carbons (Fsp3) is 0.400. The highest BCUT2D eigenvalue weighted by molar-refractivity contribution is 5.22. The van der Waals surface area contributed by atoms with Crippen LogP contribution in [-0.4, -0.2) is 28.0 Å². The molecule has 0 aliphatic heterocycles. The Morgan fingerprint density at radius 1 is 1.06 bits per heavy atom. The second-order valence-corrected chi connectivity index (χ2v) is 3.32. The van der Waals surface area contributed by atoms with Gasteiger partial charge >= 0.3 is 0 Å². The average molecular weight is 236 g/mol. The Balaban J connectivity index is 2.96. The van der Waals surface area contributed by atoms with Crippen molar-refractivity contribution in [3.63, 3.8) is 0 Å². The number of benzene rings is 1. The van der Waals surface area contributed by atoms with Gasteiger partial charge in [-0.05, 0) is 24.1 Å². The molecule has 0 saturated heterocycles. The lowest BCUT2D eigenvalue weighted by Crippen LogP contribution is -2.20. The molecule has 6 heteroatoms. The number of hydrogen-bond acceptors (Lipinski definition) is 3. The Bertz CT molecular complexity index is 347. The molecule has 3 nitrogen and oxygen atoms in total. The van der Waals surface area contributed by atoms with Gasteiger partial charge < -0.3 is 15.3 Å². The molecule has 16 heavy (non-hydrogen) atoms. The van der Waals surface area contributed by atoms with Crippen LogP contribution in [0.2, 0.25) is 0 Å². The van der Waals surface area contributed by atoms with Crippen molar-refractivity contribution in [3.05, 3.63) is 35.1 Å². The molecular formula is C10H11F3O3. The molecule has 0 heterocycles. The van der Waals surface area contributed by atoms with Crippen LogP contribution < -0.4 is 0 Å². The van der Waals surface area contributed by atoms with Gasteiger partial charge in [0, 0.05) is 6.61 Å². The molecule has 1 aromatic carbocycles. The van der Waals surface area contributed by atoms with Crippen LogP contribution in [0, 0.1) is 17.5 Å². The van der Waals surface area contributed by atoms with Crippen LogP contribution in [0.25, 0.3) is 0 Å². The number of aliphatic hydroxyl groups excluding tert-OH is 3. The van der Waals surface area contributed by atoms with Gasteiger partial charge in [-0.15, -0.1) is 0 Å². The topological polar surface area (TPSA) is 60.7 Å². The van der Waals surface area contributed by atoms with E-state index in [1.165, 1.54) is 0 Å². The van der Waals surface area contributed by atoms with E-state index < -0.39 is 29.7 Å². The summed E-state index contributed by atoms with van der Waals surface area (Å²) in [7, 11) is 0. The minimum absolute atomic E-state index is 0.151. The average Bonchev–Trinajstić information content (AvgIpc) is 2.24. The Hall–Kier alpha value is -1.11. The molecule has 3 N–H and O–H groups in total. The summed E-state index contributed by atoms with van der Waals surface area (Å²) >= 11 is 0. The molecule has 2 unspecified atom stereocenters. The second kappa shape index (κ2) is 5.29. The van der Waals surface area contributed by atoms with E-state index in [1.807, 2.05) is 0 Å². The summed E-state index contributed by atoms with van der Waals surface area (Å²) in [6.45, 7) is -0.385. The molecule has 0 radical (unpaired) electrons. The molecule has 0 aromatic heterocycles. The van der Waals surface area contributed by atoms with Gasteiger partial charge in [0.1, 0.15) is 6.10 Å². The van der Waals surface area contributed by atoms with Crippen molar-refractivity contribution in [2.45, 2.75) is 18.6 Å². The molecule has 0 fully saturated rings. The van der Waals surface area contributed by atoms with Crippen LogP contribution in [0.4, 0.5) is 13.2 Å². The summed E-state index contributed by atoms with van der Waals surface area (Å²) in [5.41, 5.74) is -0.280. The minimum atomic E-state index is -1.63. The molecule has 0 spiro atoms. The molecule has 1 rings (SSSR count). The molecule has 1 aromatic rings. The van der Waals surface area contributed by atoms with Crippen molar-refractivity contribution >= 4 is 0 Å². The third-order valence-electron chi connectivity index (χ3n) is 2.14. The van der Waals surface area contributed by atoms with Gasteiger partial charge in [-0.25, -0.2) is 13.2 Å². The monoisotopic (exact) mass is 236 g/mol. The van der Waals surface area contributed by atoms with Gasteiger partial charge in [-0.3, -0.25) is 0 Å². The Morgan fingerprint density at radius 2 is 1.56 bits per heavy atom. The van der Waals surface area contributed by atoms with Gasteiger partial charge in [0.25, 0.3) is 0 Å². The fourth-order valence-electron chi connectivity index (χ4n) is 1.26. The van der Waals surface area contributed by atoms with Crippen LogP contribution in [0.5, 0.6) is 0 Å². The largest absolute Gasteiger partial charge is 0.396 e. The van der Waals surface area contributed by atoms with E-state index in [4.69, 9.17) is 5.11 Å². The predicted molar refractivity (Wildman–Crippen MR) is 49.0 cm³/mol. The maximum atomic E-state index is 12.8. The number of aliphatic hydroxyl groups is 3. The van der Waals surface area contributed by atoms with E-state index in [-0.39, 0.29) is 18.6 Å². The molecule has 90 valence electrons. The quantitative estimate of drug-likeness (QED) is 0.680. The molecule has 0 aliphatic carbocycles. The SMILES string of the molecule is OCCC(O)C(O)c1cc(F)c(F)c(F)c1. The van der Waals surface area contributed by atoms with Gasteiger partial charge in [-0.2, -0.15) is 0 Å². The highest BCUT2D eigenvalue weighted by Crippen LogP contribution is 2.22. The highest BCUT2D eigenvalue weighted by Gasteiger charge is 2.21. The molecule has 0 bridgehead atoms. The Kier molecular flexibility index (Phi) is 4.28. The maximum absolute atomic E-state index is 12.8. The van der Waals surface area contributed by atoms with Crippen LogP contribution >= 0.6 is 0 Å². The molecule has 0 saturated carbocycles. The second-order valence-electron chi connectivity index (χ2n) is 3.32. The van der Waals surface area contributed by atoms with E-state index in [9.17, 15) is 23.4 Å². The summed E-state index contributed by atoms with van der Waals surface area (Å²) < 4.78 is 38.2. The van der Waals surface area contributed by atoms with Crippen molar-refractivity contribution < 1.29 is 28.5 Å². The highest BCUT2D eigenvalue weighted by atomic mass is 19.2. The predicted octanol–water partition coefficient (Wildman–Crippen LogP) is 0.881. The zero-order valence-corrected chi connectivity index (χ0v) is 8.20. The minimum Gasteiger partial charge on any atom is -0.396 e. The Morgan fingerprint density at radius 3 is 2.00 bits per heavy atom. The first-order valence-corrected chi connectivity index (χ1v) is 4.58. The first-order valence-electron chi connectivity index (χ1n) is 4.58. The van der Waals surface area contributed by atoms with E-state index in [0.717, 1.165) is 0 Å². The van der Waals surface area contributed by atoms with E-state index in [0.29, 0.717) is 12.1 Å². The number of halogens is 3. The van der Waals surface area contributed by atoms with E-state index >= 15 is 0 Å². The lowest BCUT2D eigenvalue weighted by atomic mass is 10.0. The summed E-state index contributed by atoms with van der Waals surface area (Å²) in [6, 6.07) is 1.20. The standard InChI is InChI=1S/C10H11F3O3/c11-6-3-5(4-7(12)9(6)13)10(16)8(15)1-2-14/h3-4,8,10,14-16H,1-2H2. The molecular weight excluding hydrogens is 225 g/mol. The Labute approximate surface area is 89.8 Å². The van der Waals surface area contributed by atoms with Crippen molar-refractivity contribution in [1.82, 2.24) is 0 Å². The van der Waals surface area contributed by atoms with E-state index in [1.54, 1.807) is 0 Å². The summed E-state index contributed by atoms with van der Waals surface area (Å²) in [4.78, 5) is 0. The first-order chi connectivity index (χ1) is 7.47. The van der Waals surface area contributed by atoms with Crippen molar-refractivity contribution in [2.24, 2.45) is 0 Å². The maximum Gasteiger partial charge on any atom is 0.194 e. The number of hydrogen-bond donors (Lipinski definition) is 3. The lowest BCUT2D eigenvalue weighted by Gasteiger charge is -2.17. The smallest absolute Gasteiger partial charge is 0.194 e. The van der Waals surface area contributed by atoms with Crippen LogP contribution in [0.3, 0.4) is 0 Å². The van der Waals surface area contributed by atoms with E-state index in [2.05, 4.69) is 0 Å². The van der Waals surface area contributed by atoms with Crippen LogP contribution in [0.1, 0.15) is 18.1 Å². The first kappa shape index (κ1) is 13.0. The van der Waals surface area contributed by atoms with Crippen molar-refractivity contribution in [2.75, 3.05) is 6.61 Å².